The first-order chi connectivity index (χ1) is 9.27. The highest BCUT2D eigenvalue weighted by molar-refractivity contribution is 7.89. The largest absolute Gasteiger partial charge is 0.495 e. The molecule has 1 aromatic carbocycles. The summed E-state index contributed by atoms with van der Waals surface area (Å²) in [7, 11) is -3.15. The van der Waals surface area contributed by atoms with E-state index in [2.05, 4.69) is 4.72 Å². The number of methoxy groups -OCH3 is 1. The van der Waals surface area contributed by atoms with Crippen LogP contribution < -0.4 is 15.2 Å². The molecule has 0 spiro atoms. The van der Waals surface area contributed by atoms with E-state index in [0.29, 0.717) is 17.9 Å². The van der Waals surface area contributed by atoms with E-state index in [-0.39, 0.29) is 16.7 Å². The van der Waals surface area contributed by atoms with Crippen LogP contribution in [-0.2, 0) is 20.8 Å². The van der Waals surface area contributed by atoms with E-state index in [1.54, 1.807) is 6.26 Å². The molecule has 0 saturated heterocycles. The number of benzene rings is 1. The minimum atomic E-state index is -3.62. The number of nitrogens with two attached hydrogens (primary N) is 1. The van der Waals surface area contributed by atoms with Gasteiger partial charge in [0.1, 0.15) is 5.75 Å². The zero-order chi connectivity index (χ0) is 15.3. The van der Waals surface area contributed by atoms with Gasteiger partial charge in [0.05, 0.1) is 17.7 Å². The summed E-state index contributed by atoms with van der Waals surface area (Å²) in [6.07, 6.45) is 2.11. The fraction of sp³-hybridized carbons (Fsp3) is 0.500. The lowest BCUT2D eigenvalue weighted by Crippen LogP contribution is -2.27. The number of nitrogen functional groups attached to an aromatic ring is 1. The molecule has 0 aliphatic carbocycles. The molecule has 0 aliphatic rings. The van der Waals surface area contributed by atoms with Gasteiger partial charge in [0.15, 0.2) is 0 Å². The number of anilines is 1. The van der Waals surface area contributed by atoms with Crippen molar-refractivity contribution in [3.63, 3.8) is 0 Å². The summed E-state index contributed by atoms with van der Waals surface area (Å²) in [4.78, 5) is 0.0915. The number of ether oxygens (including phenoxy) is 1. The van der Waals surface area contributed by atoms with Gasteiger partial charge >= 0.3 is 0 Å². The average Bonchev–Trinajstić information content (AvgIpc) is 2.38. The summed E-state index contributed by atoms with van der Waals surface area (Å²) in [5.74, 6) is 0.316. The summed E-state index contributed by atoms with van der Waals surface area (Å²) in [5, 5.41) is -0.0568. The molecular formula is C12H20N2O4S2. The molecule has 0 saturated carbocycles. The van der Waals surface area contributed by atoms with E-state index in [9.17, 15) is 12.6 Å². The van der Waals surface area contributed by atoms with Gasteiger partial charge in [0, 0.05) is 34.9 Å². The van der Waals surface area contributed by atoms with E-state index in [1.165, 1.54) is 25.3 Å². The van der Waals surface area contributed by atoms with Gasteiger partial charge in [-0.1, -0.05) is 6.92 Å². The molecule has 0 heterocycles. The Morgan fingerprint density at radius 3 is 2.65 bits per heavy atom. The second kappa shape index (κ2) is 7.05. The van der Waals surface area contributed by atoms with Crippen molar-refractivity contribution in [3.8, 4) is 5.75 Å². The fourth-order valence-corrected chi connectivity index (χ4v) is 3.02. The molecular weight excluding hydrogens is 300 g/mol. The minimum absolute atomic E-state index is 0.0568. The maximum Gasteiger partial charge on any atom is 0.240 e. The highest BCUT2D eigenvalue weighted by Gasteiger charge is 2.16. The van der Waals surface area contributed by atoms with Crippen LogP contribution in [0.3, 0.4) is 0 Å². The fourth-order valence-electron chi connectivity index (χ4n) is 1.50. The van der Waals surface area contributed by atoms with Gasteiger partial charge in [-0.25, -0.2) is 13.1 Å². The third kappa shape index (κ3) is 4.46. The molecule has 6 nitrogen and oxygen atoms in total. The second-order valence-electron chi connectivity index (χ2n) is 4.40. The Balaban J connectivity index is 2.76. The van der Waals surface area contributed by atoms with Crippen LogP contribution in [-0.4, -0.2) is 37.8 Å². The molecule has 8 heteroatoms. The van der Waals surface area contributed by atoms with Crippen molar-refractivity contribution >= 4 is 26.5 Å². The number of nitrogens with one attached hydrogen (secondary N) is 1. The Bertz CT molecular complexity index is 587. The van der Waals surface area contributed by atoms with Crippen molar-refractivity contribution < 1.29 is 17.4 Å². The van der Waals surface area contributed by atoms with Crippen LogP contribution in [0.25, 0.3) is 0 Å². The van der Waals surface area contributed by atoms with Crippen LogP contribution >= 0.6 is 0 Å². The summed E-state index contributed by atoms with van der Waals surface area (Å²) in [6, 6.07) is 4.28. The Hall–Kier alpha value is -1.12. The van der Waals surface area contributed by atoms with Crippen molar-refractivity contribution in [2.45, 2.75) is 23.5 Å². The van der Waals surface area contributed by atoms with Crippen LogP contribution in [0.1, 0.15) is 13.3 Å². The van der Waals surface area contributed by atoms with E-state index < -0.39 is 20.8 Å². The van der Waals surface area contributed by atoms with Gasteiger partial charge in [-0.05, 0) is 18.6 Å². The lowest BCUT2D eigenvalue weighted by atomic mass is 10.3. The van der Waals surface area contributed by atoms with Crippen molar-refractivity contribution in [3.05, 3.63) is 18.2 Å². The molecule has 0 aliphatic heterocycles. The Morgan fingerprint density at radius 1 is 1.45 bits per heavy atom. The summed E-state index contributed by atoms with van der Waals surface area (Å²) < 4.78 is 42.8. The van der Waals surface area contributed by atoms with Gasteiger partial charge in [-0.15, -0.1) is 0 Å². The predicted molar refractivity (Wildman–Crippen MR) is 80.7 cm³/mol. The lowest BCUT2D eigenvalue weighted by molar-refractivity contribution is 0.415. The molecule has 114 valence electrons. The Morgan fingerprint density at radius 2 is 2.10 bits per heavy atom. The number of rotatable bonds is 7. The maximum absolute atomic E-state index is 12.1. The molecule has 1 aromatic rings. The summed E-state index contributed by atoms with van der Waals surface area (Å²) in [5.41, 5.74) is 6.02. The first-order valence-electron chi connectivity index (χ1n) is 6.03. The standard InChI is InChI=1S/C12H20N2O4S2/c1-9(19(3)15)6-7-14-20(16,17)10-4-5-11(13)12(8-10)18-2/h4-5,8-9,14H,6-7,13H2,1-3H3. The topological polar surface area (TPSA) is 98.5 Å². The highest BCUT2D eigenvalue weighted by Crippen LogP contribution is 2.24. The molecule has 0 aromatic heterocycles. The molecule has 0 bridgehead atoms. The monoisotopic (exact) mass is 320 g/mol. The van der Waals surface area contributed by atoms with Gasteiger partial charge in [0.2, 0.25) is 10.0 Å². The first kappa shape index (κ1) is 16.9. The van der Waals surface area contributed by atoms with Gasteiger partial charge in [0.25, 0.3) is 0 Å². The molecule has 2 unspecified atom stereocenters. The molecule has 0 amide bonds. The lowest BCUT2D eigenvalue weighted by Gasteiger charge is -2.11. The summed E-state index contributed by atoms with van der Waals surface area (Å²) >= 11 is 0. The van der Waals surface area contributed by atoms with Crippen molar-refractivity contribution in [2.24, 2.45) is 0 Å². The van der Waals surface area contributed by atoms with Crippen LogP contribution in [0.5, 0.6) is 5.75 Å². The van der Waals surface area contributed by atoms with Gasteiger partial charge < -0.3 is 10.5 Å². The SMILES string of the molecule is COc1cc(S(=O)(=O)NCCC(C)S(C)=O)ccc1N. The second-order valence-corrected chi connectivity index (χ2v) is 7.97. The Kier molecular flexibility index (Phi) is 5.97. The smallest absolute Gasteiger partial charge is 0.240 e. The highest BCUT2D eigenvalue weighted by atomic mass is 32.2. The van der Waals surface area contributed by atoms with Crippen molar-refractivity contribution in [1.29, 1.82) is 0 Å². The average molecular weight is 320 g/mol. The van der Waals surface area contributed by atoms with E-state index in [4.69, 9.17) is 10.5 Å². The number of sulfonamides is 1. The predicted octanol–water partition coefficient (Wildman–Crippen LogP) is 0.713. The van der Waals surface area contributed by atoms with Crippen LogP contribution in [0.2, 0.25) is 0 Å². The zero-order valence-electron chi connectivity index (χ0n) is 11.8. The molecule has 2 atom stereocenters. The number of hydrogen-bond acceptors (Lipinski definition) is 5. The minimum Gasteiger partial charge on any atom is -0.495 e. The van der Waals surface area contributed by atoms with Crippen LogP contribution in [0.15, 0.2) is 23.1 Å². The van der Waals surface area contributed by atoms with E-state index in [0.717, 1.165) is 0 Å². The quantitative estimate of drug-likeness (QED) is 0.721. The zero-order valence-corrected chi connectivity index (χ0v) is 13.4. The maximum atomic E-state index is 12.1. The molecule has 1 rings (SSSR count). The van der Waals surface area contributed by atoms with Gasteiger partial charge in [-0.3, -0.25) is 4.21 Å². The molecule has 3 N–H and O–H groups in total. The normalized spacial score (nSPS) is 14.8. The molecule has 0 fully saturated rings. The van der Waals surface area contributed by atoms with Crippen molar-refractivity contribution in [1.82, 2.24) is 4.72 Å². The molecule has 0 radical (unpaired) electrons. The third-order valence-electron chi connectivity index (χ3n) is 2.92. The molecule has 20 heavy (non-hydrogen) atoms. The Labute approximate surface area is 122 Å². The van der Waals surface area contributed by atoms with Crippen LogP contribution in [0.4, 0.5) is 5.69 Å². The number of hydrogen-bond donors (Lipinski definition) is 2. The van der Waals surface area contributed by atoms with Crippen molar-refractivity contribution in [2.75, 3.05) is 25.6 Å². The summed E-state index contributed by atoms with van der Waals surface area (Å²) in [6.45, 7) is 2.05. The first-order valence-corrected chi connectivity index (χ1v) is 9.13. The third-order valence-corrected chi connectivity index (χ3v) is 5.75. The van der Waals surface area contributed by atoms with Crippen LogP contribution in [0, 0.1) is 0 Å². The van der Waals surface area contributed by atoms with Gasteiger partial charge in [-0.2, -0.15) is 0 Å². The van der Waals surface area contributed by atoms with E-state index in [1.807, 2.05) is 6.92 Å². The van der Waals surface area contributed by atoms with E-state index >= 15 is 0 Å².